The van der Waals surface area contributed by atoms with Crippen molar-refractivity contribution in [2.24, 2.45) is 5.92 Å². The Morgan fingerprint density at radius 1 is 1.50 bits per heavy atom. The van der Waals surface area contributed by atoms with Crippen LogP contribution in [0, 0.1) is 18.3 Å². The zero-order valence-corrected chi connectivity index (χ0v) is 11.6. The number of amides is 1. The van der Waals surface area contributed by atoms with Gasteiger partial charge in [0.2, 0.25) is 0 Å². The average molecular weight is 261 g/mol. The molecule has 0 saturated heterocycles. The summed E-state index contributed by atoms with van der Waals surface area (Å²) >= 11 is 1.52. The minimum Gasteiger partial charge on any atom is -0.336 e. The van der Waals surface area contributed by atoms with Crippen molar-refractivity contribution >= 4 is 17.2 Å². The van der Waals surface area contributed by atoms with Crippen LogP contribution in [0.5, 0.6) is 0 Å². The third-order valence-electron chi connectivity index (χ3n) is 3.88. The van der Waals surface area contributed by atoms with Crippen molar-refractivity contribution in [3.05, 3.63) is 22.4 Å². The van der Waals surface area contributed by atoms with Crippen LogP contribution in [0.2, 0.25) is 0 Å². The van der Waals surface area contributed by atoms with Gasteiger partial charge in [0.05, 0.1) is 5.56 Å². The van der Waals surface area contributed by atoms with Gasteiger partial charge in [-0.1, -0.05) is 25.2 Å². The van der Waals surface area contributed by atoms with Crippen LogP contribution in [0.1, 0.15) is 49.4 Å². The average Bonchev–Trinajstić information content (AvgIpc) is 2.93. The molecular weight excluding hydrogens is 242 g/mol. The number of carbonyl (C=O) groups is 1. The molecule has 0 radical (unpaired) electrons. The Bertz CT molecular complexity index is 440. The maximum atomic E-state index is 12.1. The zero-order valence-electron chi connectivity index (χ0n) is 10.7. The minimum absolute atomic E-state index is 0.0535. The first-order chi connectivity index (χ1) is 8.65. The van der Waals surface area contributed by atoms with Gasteiger partial charge in [0.25, 0.3) is 5.91 Å². The first kappa shape index (κ1) is 13.2. The molecule has 1 aliphatic carbocycles. The minimum atomic E-state index is -0.514. The van der Waals surface area contributed by atoms with Crippen molar-refractivity contribution in [3.8, 4) is 12.3 Å². The fourth-order valence-corrected chi connectivity index (χ4v) is 3.27. The monoisotopic (exact) mass is 261 g/mol. The summed E-state index contributed by atoms with van der Waals surface area (Å²) in [5.74, 6) is 3.16. The van der Waals surface area contributed by atoms with E-state index in [1.54, 1.807) is 0 Å². The van der Waals surface area contributed by atoms with E-state index in [1.807, 2.05) is 23.8 Å². The summed E-state index contributed by atoms with van der Waals surface area (Å²) in [5, 5.41) is 6.81. The van der Waals surface area contributed by atoms with Crippen molar-refractivity contribution in [2.75, 3.05) is 0 Å². The second-order valence-electron chi connectivity index (χ2n) is 5.15. The number of nitrogens with one attached hydrogen (secondary N) is 1. The predicted octanol–water partition coefficient (Wildman–Crippen LogP) is 3.45. The van der Waals surface area contributed by atoms with Gasteiger partial charge in [0.1, 0.15) is 5.54 Å². The van der Waals surface area contributed by atoms with E-state index < -0.39 is 5.54 Å². The molecule has 18 heavy (non-hydrogen) atoms. The van der Waals surface area contributed by atoms with Gasteiger partial charge in [-0.15, -0.1) is 6.42 Å². The van der Waals surface area contributed by atoms with Crippen molar-refractivity contribution in [2.45, 2.75) is 44.6 Å². The van der Waals surface area contributed by atoms with E-state index in [4.69, 9.17) is 6.42 Å². The molecule has 1 saturated carbocycles. The number of hydrogen-bond acceptors (Lipinski definition) is 2. The molecule has 0 bridgehead atoms. The van der Waals surface area contributed by atoms with Crippen LogP contribution in [0.4, 0.5) is 0 Å². The number of carbonyl (C=O) groups excluding carboxylic acids is 1. The smallest absolute Gasteiger partial charge is 0.253 e. The quantitative estimate of drug-likeness (QED) is 0.830. The van der Waals surface area contributed by atoms with Gasteiger partial charge in [-0.2, -0.15) is 11.3 Å². The highest BCUT2D eigenvalue weighted by Crippen LogP contribution is 2.32. The Morgan fingerprint density at radius 2 is 2.22 bits per heavy atom. The van der Waals surface area contributed by atoms with Crippen molar-refractivity contribution in [3.63, 3.8) is 0 Å². The molecule has 0 aliphatic heterocycles. The maximum absolute atomic E-state index is 12.1. The second-order valence-corrected chi connectivity index (χ2v) is 5.93. The van der Waals surface area contributed by atoms with E-state index in [0.717, 1.165) is 12.8 Å². The molecule has 1 aromatic rings. The normalized spacial score (nSPS) is 19.8. The first-order valence-corrected chi connectivity index (χ1v) is 7.42. The summed E-state index contributed by atoms with van der Waals surface area (Å²) in [6.45, 7) is 1.98. The predicted molar refractivity (Wildman–Crippen MR) is 75.6 cm³/mol. The van der Waals surface area contributed by atoms with E-state index in [0.29, 0.717) is 11.5 Å². The Hall–Kier alpha value is -1.27. The molecule has 0 spiro atoms. The summed E-state index contributed by atoms with van der Waals surface area (Å²) in [7, 11) is 0. The van der Waals surface area contributed by atoms with Crippen molar-refractivity contribution in [1.29, 1.82) is 0 Å². The number of thiophene rings is 1. The summed E-state index contributed by atoms with van der Waals surface area (Å²) in [4.78, 5) is 12.1. The summed E-state index contributed by atoms with van der Waals surface area (Å²) in [6.07, 6.45) is 11.6. The maximum Gasteiger partial charge on any atom is 0.253 e. The molecule has 0 aromatic carbocycles. The third kappa shape index (κ3) is 2.76. The van der Waals surface area contributed by atoms with Gasteiger partial charge in [-0.05, 0) is 37.1 Å². The van der Waals surface area contributed by atoms with Gasteiger partial charge in [-0.3, -0.25) is 4.79 Å². The molecule has 1 aromatic heterocycles. The van der Waals surface area contributed by atoms with Gasteiger partial charge in [-0.25, -0.2) is 0 Å². The van der Waals surface area contributed by atoms with Crippen LogP contribution in [-0.2, 0) is 0 Å². The van der Waals surface area contributed by atoms with E-state index >= 15 is 0 Å². The Labute approximate surface area is 113 Å². The highest BCUT2D eigenvalue weighted by atomic mass is 32.1. The lowest BCUT2D eigenvalue weighted by molar-refractivity contribution is 0.0888. The highest BCUT2D eigenvalue weighted by Gasteiger charge is 2.34. The molecule has 1 fully saturated rings. The molecule has 1 aliphatic rings. The van der Waals surface area contributed by atoms with Gasteiger partial charge >= 0.3 is 0 Å². The lowest BCUT2D eigenvalue weighted by atomic mass is 9.76. The number of terminal acetylenes is 1. The van der Waals surface area contributed by atoms with Gasteiger partial charge in [0, 0.05) is 5.38 Å². The van der Waals surface area contributed by atoms with Crippen LogP contribution >= 0.6 is 11.3 Å². The fourth-order valence-electron chi connectivity index (χ4n) is 2.64. The lowest BCUT2D eigenvalue weighted by Crippen LogP contribution is -2.51. The number of hydrogen-bond donors (Lipinski definition) is 1. The molecule has 1 heterocycles. The lowest BCUT2D eigenvalue weighted by Gasteiger charge is -2.36. The standard InChI is InChI=1S/C15H19NOS/c1-3-15(2,13-7-5-4-6-8-13)16-14(17)12-9-10-18-11-12/h1,9-11,13H,4-8H2,2H3,(H,16,17). The molecular formula is C15H19NOS. The SMILES string of the molecule is C#CC(C)(NC(=O)c1ccsc1)C1CCCCC1. The van der Waals surface area contributed by atoms with Crippen LogP contribution in [0.3, 0.4) is 0 Å². The largest absolute Gasteiger partial charge is 0.336 e. The molecule has 1 N–H and O–H groups in total. The molecule has 2 rings (SSSR count). The van der Waals surface area contributed by atoms with E-state index in [9.17, 15) is 4.79 Å². The summed E-state index contributed by atoms with van der Waals surface area (Å²) in [6, 6.07) is 1.83. The van der Waals surface area contributed by atoms with Crippen LogP contribution in [0.25, 0.3) is 0 Å². The summed E-state index contributed by atoms with van der Waals surface area (Å²) < 4.78 is 0. The van der Waals surface area contributed by atoms with E-state index in [1.165, 1.54) is 30.6 Å². The third-order valence-corrected chi connectivity index (χ3v) is 4.56. The fraction of sp³-hybridized carbons (Fsp3) is 0.533. The van der Waals surface area contributed by atoms with Crippen LogP contribution in [-0.4, -0.2) is 11.4 Å². The zero-order chi connectivity index (χ0) is 13.0. The van der Waals surface area contributed by atoms with Crippen LogP contribution in [0.15, 0.2) is 16.8 Å². The van der Waals surface area contributed by atoms with E-state index in [-0.39, 0.29) is 5.91 Å². The van der Waals surface area contributed by atoms with Crippen molar-refractivity contribution < 1.29 is 4.79 Å². The molecule has 1 amide bonds. The Balaban J connectivity index is 2.08. The first-order valence-electron chi connectivity index (χ1n) is 6.48. The molecule has 1 atom stereocenters. The van der Waals surface area contributed by atoms with Gasteiger partial charge in [0.15, 0.2) is 0 Å². The Morgan fingerprint density at radius 3 is 2.78 bits per heavy atom. The molecule has 1 unspecified atom stereocenters. The van der Waals surface area contributed by atoms with Gasteiger partial charge < -0.3 is 5.32 Å². The van der Waals surface area contributed by atoms with Crippen LogP contribution < -0.4 is 5.32 Å². The molecule has 2 nitrogen and oxygen atoms in total. The van der Waals surface area contributed by atoms with Crippen molar-refractivity contribution in [1.82, 2.24) is 5.32 Å². The molecule has 96 valence electrons. The second kappa shape index (κ2) is 5.58. The number of rotatable bonds is 3. The highest BCUT2D eigenvalue weighted by molar-refractivity contribution is 7.08. The topological polar surface area (TPSA) is 29.1 Å². The van der Waals surface area contributed by atoms with E-state index in [2.05, 4.69) is 11.2 Å². The Kier molecular flexibility index (Phi) is 4.08. The summed E-state index contributed by atoms with van der Waals surface area (Å²) in [5.41, 5.74) is 0.191. The molecule has 3 heteroatoms.